The average Bonchev–Trinajstić information content (AvgIpc) is 3.18. The number of carbonyl (C=O) groups excluding carboxylic acids is 1. The minimum atomic E-state index is -4.07. The zero-order valence-electron chi connectivity index (χ0n) is 25.3. The third-order valence-corrected chi connectivity index (χ3v) is 9.92. The fourth-order valence-corrected chi connectivity index (χ4v) is 6.67. The minimum Gasteiger partial charge on any atom is -0.493 e. The van der Waals surface area contributed by atoms with Crippen molar-refractivity contribution in [1.82, 2.24) is 18.9 Å². The van der Waals surface area contributed by atoms with E-state index in [0.717, 1.165) is 19.3 Å². The summed E-state index contributed by atoms with van der Waals surface area (Å²) in [5.74, 6) is 0.181. The van der Waals surface area contributed by atoms with Gasteiger partial charge in [0.25, 0.3) is 5.91 Å². The van der Waals surface area contributed by atoms with Gasteiger partial charge >= 0.3 is 10.2 Å². The summed E-state index contributed by atoms with van der Waals surface area (Å²) < 4.78 is 50.6. The molecule has 4 rings (SSSR count). The number of rotatable bonds is 9. The second kappa shape index (κ2) is 12.2. The standard InChI is InChI=1S/C30H44FN5O4S/c1-20(2)19-40-25-16-22(15-23(31)17-25)27-11-10-26(28(32-27)36-14-12-21(3)30(36,4)5)29(37)33-41(38,39)35-13-8-9-24(18-35)34(6)7/h10-11,15-17,20-21,24H,8-9,12-14,18-19H2,1-7H3,(H,33,37). The summed E-state index contributed by atoms with van der Waals surface area (Å²) in [6, 6.07) is 7.75. The Morgan fingerprint density at radius 2 is 1.93 bits per heavy atom. The fourth-order valence-electron chi connectivity index (χ4n) is 5.46. The Morgan fingerprint density at radius 3 is 2.56 bits per heavy atom. The lowest BCUT2D eigenvalue weighted by Gasteiger charge is -2.37. The predicted octanol–water partition coefficient (Wildman–Crippen LogP) is 4.55. The molecule has 0 bridgehead atoms. The van der Waals surface area contributed by atoms with E-state index >= 15 is 0 Å². The van der Waals surface area contributed by atoms with Gasteiger partial charge in [0.2, 0.25) is 0 Å². The number of likely N-dealkylation sites (N-methyl/N-ethyl adjacent to an activating group) is 1. The molecule has 3 heterocycles. The van der Waals surface area contributed by atoms with Crippen LogP contribution >= 0.6 is 0 Å². The molecule has 2 atom stereocenters. The Labute approximate surface area is 244 Å². The van der Waals surface area contributed by atoms with Gasteiger partial charge in [-0.05, 0) is 83.3 Å². The zero-order chi connectivity index (χ0) is 30.1. The highest BCUT2D eigenvalue weighted by molar-refractivity contribution is 7.87. The SMILES string of the molecule is CC(C)COc1cc(F)cc(-c2ccc(C(=O)NS(=O)(=O)N3CCCC(N(C)C)C3)c(N3CCC(C)C3(C)C)n2)c1. The largest absolute Gasteiger partial charge is 0.493 e. The van der Waals surface area contributed by atoms with Crippen LogP contribution in [0.5, 0.6) is 5.75 Å². The third-order valence-electron chi connectivity index (χ3n) is 8.46. The van der Waals surface area contributed by atoms with Crippen LogP contribution in [0.15, 0.2) is 30.3 Å². The third kappa shape index (κ3) is 7.01. The quantitative estimate of drug-likeness (QED) is 0.459. The summed E-state index contributed by atoms with van der Waals surface area (Å²) in [7, 11) is -0.217. The molecule has 11 heteroatoms. The van der Waals surface area contributed by atoms with Crippen molar-refractivity contribution in [2.45, 2.75) is 65.5 Å². The monoisotopic (exact) mass is 589 g/mol. The van der Waals surface area contributed by atoms with Crippen LogP contribution in [-0.2, 0) is 10.2 Å². The van der Waals surface area contributed by atoms with Gasteiger partial charge in [0.1, 0.15) is 17.4 Å². The van der Waals surface area contributed by atoms with Gasteiger partial charge in [0, 0.05) is 42.8 Å². The second-order valence-electron chi connectivity index (χ2n) is 12.5. The van der Waals surface area contributed by atoms with Crippen LogP contribution in [-0.4, -0.2) is 80.4 Å². The lowest BCUT2D eigenvalue weighted by molar-refractivity contribution is 0.0977. The van der Waals surface area contributed by atoms with Gasteiger partial charge in [0.05, 0.1) is 17.9 Å². The van der Waals surface area contributed by atoms with Crippen LogP contribution < -0.4 is 14.4 Å². The summed E-state index contributed by atoms with van der Waals surface area (Å²) >= 11 is 0. The van der Waals surface area contributed by atoms with Crippen LogP contribution in [0, 0.1) is 17.7 Å². The molecular weight excluding hydrogens is 545 g/mol. The van der Waals surface area contributed by atoms with Gasteiger partial charge in [0.15, 0.2) is 0 Å². The van der Waals surface area contributed by atoms with E-state index in [4.69, 9.17) is 9.72 Å². The number of amides is 1. The van der Waals surface area contributed by atoms with Crippen molar-refractivity contribution >= 4 is 21.9 Å². The van der Waals surface area contributed by atoms with Gasteiger partial charge in [-0.2, -0.15) is 12.7 Å². The van der Waals surface area contributed by atoms with Crippen molar-refractivity contribution in [3.05, 3.63) is 41.7 Å². The first-order chi connectivity index (χ1) is 19.2. The van der Waals surface area contributed by atoms with Crippen molar-refractivity contribution < 1.29 is 22.3 Å². The molecule has 226 valence electrons. The molecule has 0 radical (unpaired) electrons. The maximum absolute atomic E-state index is 14.6. The van der Waals surface area contributed by atoms with Crippen molar-refractivity contribution in [3.63, 3.8) is 0 Å². The van der Waals surface area contributed by atoms with Gasteiger partial charge in [-0.3, -0.25) is 4.79 Å². The summed E-state index contributed by atoms with van der Waals surface area (Å²) in [4.78, 5) is 22.5. The smallest absolute Gasteiger partial charge is 0.304 e. The Morgan fingerprint density at radius 1 is 1.20 bits per heavy atom. The Bertz CT molecular complexity index is 1360. The van der Waals surface area contributed by atoms with Crippen molar-refractivity contribution in [2.24, 2.45) is 11.8 Å². The number of halogens is 1. The average molecular weight is 590 g/mol. The molecule has 41 heavy (non-hydrogen) atoms. The Kier molecular flexibility index (Phi) is 9.30. The van der Waals surface area contributed by atoms with Crippen LogP contribution in [0.3, 0.4) is 0 Å². The van der Waals surface area contributed by atoms with E-state index in [1.807, 2.05) is 32.8 Å². The molecule has 2 aromatic rings. The van der Waals surface area contributed by atoms with Crippen LogP contribution in [0.4, 0.5) is 10.2 Å². The van der Waals surface area contributed by atoms with Crippen molar-refractivity contribution in [1.29, 1.82) is 0 Å². The number of hydrogen-bond acceptors (Lipinski definition) is 7. The summed E-state index contributed by atoms with van der Waals surface area (Å²) in [6.07, 6.45) is 2.51. The first-order valence-corrected chi connectivity index (χ1v) is 15.8. The lowest BCUT2D eigenvalue weighted by Crippen LogP contribution is -2.52. The molecule has 9 nitrogen and oxygen atoms in total. The number of nitrogens with one attached hydrogen (secondary N) is 1. The van der Waals surface area contributed by atoms with Crippen LogP contribution in [0.2, 0.25) is 0 Å². The molecule has 1 amide bonds. The summed E-state index contributed by atoms with van der Waals surface area (Å²) in [6.45, 7) is 12.1. The van der Waals surface area contributed by atoms with Crippen molar-refractivity contribution in [2.75, 3.05) is 45.2 Å². The van der Waals surface area contributed by atoms with Gasteiger partial charge in [-0.15, -0.1) is 0 Å². The number of nitrogens with zero attached hydrogens (tertiary/aromatic N) is 4. The molecule has 2 fully saturated rings. The van der Waals surface area contributed by atoms with Gasteiger partial charge in [-0.1, -0.05) is 20.8 Å². The molecule has 0 aliphatic carbocycles. The second-order valence-corrected chi connectivity index (χ2v) is 14.2. The number of anilines is 1. The highest BCUT2D eigenvalue weighted by Crippen LogP contribution is 2.39. The van der Waals surface area contributed by atoms with E-state index in [2.05, 4.69) is 30.4 Å². The Hall–Kier alpha value is -2.76. The number of benzene rings is 1. The van der Waals surface area contributed by atoms with Gasteiger partial charge in [-0.25, -0.2) is 14.1 Å². The van der Waals surface area contributed by atoms with E-state index in [1.165, 1.54) is 16.4 Å². The van der Waals surface area contributed by atoms with Crippen molar-refractivity contribution in [3.8, 4) is 17.0 Å². The topological polar surface area (TPSA) is 95.1 Å². The maximum atomic E-state index is 14.6. The summed E-state index contributed by atoms with van der Waals surface area (Å²) in [5, 5.41) is 0. The minimum absolute atomic E-state index is 0.0829. The molecule has 2 aliphatic rings. The predicted molar refractivity (Wildman–Crippen MR) is 160 cm³/mol. The van der Waals surface area contributed by atoms with Crippen LogP contribution in [0.25, 0.3) is 11.3 Å². The molecule has 1 N–H and O–H groups in total. The highest BCUT2D eigenvalue weighted by atomic mass is 32.2. The summed E-state index contributed by atoms with van der Waals surface area (Å²) in [5.41, 5.74) is 0.804. The highest BCUT2D eigenvalue weighted by Gasteiger charge is 2.41. The number of aromatic nitrogens is 1. The molecule has 1 aromatic heterocycles. The number of hydrogen-bond donors (Lipinski definition) is 1. The van der Waals surface area contributed by atoms with E-state index in [0.29, 0.717) is 55.0 Å². The normalized spacial score (nSPS) is 21.5. The van der Waals surface area contributed by atoms with Crippen LogP contribution in [0.1, 0.15) is 64.2 Å². The maximum Gasteiger partial charge on any atom is 0.304 e. The first kappa shape index (κ1) is 31.2. The molecule has 2 saturated heterocycles. The molecule has 0 spiro atoms. The molecular formula is C30H44FN5O4S. The number of carbonyl (C=O) groups is 1. The first-order valence-electron chi connectivity index (χ1n) is 14.4. The Balaban J connectivity index is 1.70. The number of ether oxygens (including phenoxy) is 1. The zero-order valence-corrected chi connectivity index (χ0v) is 26.1. The van der Waals surface area contributed by atoms with E-state index in [9.17, 15) is 17.6 Å². The van der Waals surface area contributed by atoms with E-state index in [1.54, 1.807) is 18.2 Å². The molecule has 2 unspecified atom stereocenters. The number of piperidine rings is 1. The fraction of sp³-hybridized carbons (Fsp3) is 0.600. The number of pyridine rings is 1. The van der Waals surface area contributed by atoms with E-state index in [-0.39, 0.29) is 23.1 Å². The van der Waals surface area contributed by atoms with Gasteiger partial charge < -0.3 is 14.5 Å². The molecule has 0 saturated carbocycles. The lowest BCUT2D eigenvalue weighted by atomic mass is 9.90. The molecule has 2 aliphatic heterocycles. The van der Waals surface area contributed by atoms with E-state index < -0.39 is 21.9 Å². The molecule has 1 aromatic carbocycles.